The molecule has 3 nitrogen and oxygen atoms in total. The maximum absolute atomic E-state index is 9.44. The molecule has 0 aliphatic heterocycles. The predicted octanol–water partition coefficient (Wildman–Crippen LogP) is 1.93. The molecule has 15 heavy (non-hydrogen) atoms. The highest BCUT2D eigenvalue weighted by Crippen LogP contribution is 2.29. The van der Waals surface area contributed by atoms with E-state index in [2.05, 4.69) is 13.8 Å². The average molecular weight is 209 g/mol. The number of rotatable bonds is 4. The van der Waals surface area contributed by atoms with E-state index in [-0.39, 0.29) is 11.2 Å². The first-order valence-corrected chi connectivity index (χ1v) is 5.04. The maximum atomic E-state index is 9.44. The first-order valence-electron chi connectivity index (χ1n) is 5.04. The molecule has 3 heteroatoms. The summed E-state index contributed by atoms with van der Waals surface area (Å²) in [7, 11) is 1.55. The number of ether oxygens (including phenoxy) is 1. The van der Waals surface area contributed by atoms with Crippen LogP contribution in [-0.2, 0) is 6.42 Å². The summed E-state index contributed by atoms with van der Waals surface area (Å²) >= 11 is 0. The smallest absolute Gasteiger partial charge is 0.160 e. The second-order valence-electron chi connectivity index (χ2n) is 4.55. The Labute approximate surface area is 90.9 Å². The summed E-state index contributed by atoms with van der Waals surface area (Å²) in [5, 5.41) is 9.44. The van der Waals surface area contributed by atoms with Gasteiger partial charge in [0.2, 0.25) is 0 Å². The molecule has 0 heterocycles. The molecule has 0 aliphatic carbocycles. The Bertz CT molecular complexity index is 334. The Hall–Kier alpha value is -1.22. The van der Waals surface area contributed by atoms with Crippen LogP contribution in [0.5, 0.6) is 11.5 Å². The van der Waals surface area contributed by atoms with Crippen LogP contribution >= 0.6 is 0 Å². The molecule has 0 atom stereocenters. The van der Waals surface area contributed by atoms with E-state index in [4.69, 9.17) is 10.5 Å². The number of benzene rings is 1. The van der Waals surface area contributed by atoms with Gasteiger partial charge in [0.1, 0.15) is 0 Å². The highest BCUT2D eigenvalue weighted by molar-refractivity contribution is 5.41. The van der Waals surface area contributed by atoms with E-state index >= 15 is 0 Å². The summed E-state index contributed by atoms with van der Waals surface area (Å²) < 4.78 is 5.05. The highest BCUT2D eigenvalue weighted by atomic mass is 16.5. The van der Waals surface area contributed by atoms with E-state index in [1.165, 1.54) is 0 Å². The number of methoxy groups -OCH3 is 1. The molecule has 0 spiro atoms. The van der Waals surface area contributed by atoms with Crippen LogP contribution in [0.15, 0.2) is 18.2 Å². The van der Waals surface area contributed by atoms with Gasteiger partial charge < -0.3 is 15.6 Å². The normalized spacial score (nSPS) is 11.5. The van der Waals surface area contributed by atoms with E-state index in [1.807, 2.05) is 12.1 Å². The van der Waals surface area contributed by atoms with E-state index < -0.39 is 0 Å². The van der Waals surface area contributed by atoms with E-state index in [0.717, 1.165) is 12.0 Å². The number of hydrogen-bond acceptors (Lipinski definition) is 3. The molecule has 3 N–H and O–H groups in total. The quantitative estimate of drug-likeness (QED) is 0.796. The van der Waals surface area contributed by atoms with Crippen LogP contribution in [0.4, 0.5) is 0 Å². The molecule has 0 saturated heterocycles. The van der Waals surface area contributed by atoms with Crippen molar-refractivity contribution in [2.45, 2.75) is 20.3 Å². The number of phenolic OH excluding ortho intramolecular Hbond substituents is 1. The fourth-order valence-corrected chi connectivity index (χ4v) is 1.46. The van der Waals surface area contributed by atoms with Crippen molar-refractivity contribution in [3.8, 4) is 11.5 Å². The van der Waals surface area contributed by atoms with Crippen LogP contribution in [0.2, 0.25) is 0 Å². The molecule has 0 radical (unpaired) electrons. The third-order valence-corrected chi connectivity index (χ3v) is 2.48. The molecular weight excluding hydrogens is 190 g/mol. The zero-order valence-corrected chi connectivity index (χ0v) is 9.58. The first kappa shape index (κ1) is 11.9. The number of hydrogen-bond donors (Lipinski definition) is 2. The van der Waals surface area contributed by atoms with Crippen LogP contribution in [0.25, 0.3) is 0 Å². The lowest BCUT2D eigenvalue weighted by Gasteiger charge is -2.22. The van der Waals surface area contributed by atoms with Gasteiger partial charge in [-0.05, 0) is 36.1 Å². The molecule has 0 fully saturated rings. The molecule has 0 aromatic heterocycles. The summed E-state index contributed by atoms with van der Waals surface area (Å²) in [6.07, 6.45) is 0.875. The second kappa shape index (κ2) is 4.53. The van der Waals surface area contributed by atoms with Crippen LogP contribution in [0.1, 0.15) is 19.4 Å². The molecule has 0 amide bonds. The number of aromatic hydroxyl groups is 1. The lowest BCUT2D eigenvalue weighted by atomic mass is 9.86. The molecular formula is C12H19NO2. The monoisotopic (exact) mass is 209 g/mol. The Morgan fingerprint density at radius 3 is 2.60 bits per heavy atom. The van der Waals surface area contributed by atoms with Gasteiger partial charge in [-0.3, -0.25) is 0 Å². The average Bonchev–Trinajstić information content (AvgIpc) is 2.20. The molecule has 1 rings (SSSR count). The molecule has 84 valence electrons. The van der Waals surface area contributed by atoms with Crippen LogP contribution < -0.4 is 10.5 Å². The van der Waals surface area contributed by atoms with Crippen molar-refractivity contribution >= 4 is 0 Å². The van der Waals surface area contributed by atoms with Gasteiger partial charge in [-0.2, -0.15) is 0 Å². The minimum Gasteiger partial charge on any atom is -0.504 e. The largest absolute Gasteiger partial charge is 0.504 e. The van der Waals surface area contributed by atoms with Gasteiger partial charge >= 0.3 is 0 Å². The van der Waals surface area contributed by atoms with Gasteiger partial charge in [0.05, 0.1) is 7.11 Å². The van der Waals surface area contributed by atoms with Crippen molar-refractivity contribution in [1.29, 1.82) is 0 Å². The van der Waals surface area contributed by atoms with Crippen molar-refractivity contribution < 1.29 is 9.84 Å². The fraction of sp³-hybridized carbons (Fsp3) is 0.500. The van der Waals surface area contributed by atoms with Gasteiger partial charge in [-0.1, -0.05) is 19.9 Å². The first-order chi connectivity index (χ1) is 6.98. The van der Waals surface area contributed by atoms with E-state index in [9.17, 15) is 5.11 Å². The minimum absolute atomic E-state index is 0.0714. The Morgan fingerprint density at radius 1 is 1.40 bits per heavy atom. The Balaban J connectivity index is 2.87. The van der Waals surface area contributed by atoms with Crippen LogP contribution in [0, 0.1) is 5.41 Å². The van der Waals surface area contributed by atoms with Crippen molar-refractivity contribution in [2.75, 3.05) is 13.7 Å². The molecule has 1 aromatic carbocycles. The van der Waals surface area contributed by atoms with Gasteiger partial charge in [0.15, 0.2) is 11.5 Å². The second-order valence-corrected chi connectivity index (χ2v) is 4.55. The molecule has 0 bridgehead atoms. The van der Waals surface area contributed by atoms with Crippen LogP contribution in [-0.4, -0.2) is 18.8 Å². The fourth-order valence-electron chi connectivity index (χ4n) is 1.46. The number of phenols is 1. The van der Waals surface area contributed by atoms with Crippen molar-refractivity contribution in [3.05, 3.63) is 23.8 Å². The summed E-state index contributed by atoms with van der Waals surface area (Å²) in [4.78, 5) is 0. The van der Waals surface area contributed by atoms with Gasteiger partial charge in [0.25, 0.3) is 0 Å². The summed E-state index contributed by atoms with van der Waals surface area (Å²) in [5.41, 5.74) is 6.87. The minimum atomic E-state index is 0.0714. The summed E-state index contributed by atoms with van der Waals surface area (Å²) in [6, 6.07) is 5.41. The zero-order chi connectivity index (χ0) is 11.5. The van der Waals surface area contributed by atoms with Gasteiger partial charge in [0, 0.05) is 0 Å². The highest BCUT2D eigenvalue weighted by Gasteiger charge is 2.17. The lowest BCUT2D eigenvalue weighted by molar-refractivity contribution is 0.364. The van der Waals surface area contributed by atoms with Crippen molar-refractivity contribution in [2.24, 2.45) is 11.1 Å². The topological polar surface area (TPSA) is 55.5 Å². The van der Waals surface area contributed by atoms with E-state index in [1.54, 1.807) is 13.2 Å². The Kier molecular flexibility index (Phi) is 3.58. The zero-order valence-electron chi connectivity index (χ0n) is 9.58. The number of nitrogens with two attached hydrogens (primary N) is 1. The summed E-state index contributed by atoms with van der Waals surface area (Å²) in [6.45, 7) is 4.87. The molecule has 0 saturated carbocycles. The third kappa shape index (κ3) is 3.13. The van der Waals surface area contributed by atoms with Crippen molar-refractivity contribution in [3.63, 3.8) is 0 Å². The van der Waals surface area contributed by atoms with Crippen LogP contribution in [0.3, 0.4) is 0 Å². The van der Waals surface area contributed by atoms with E-state index in [0.29, 0.717) is 12.3 Å². The molecule has 0 unspecified atom stereocenters. The SMILES string of the molecule is COc1cc(CC(C)(C)CN)ccc1O. The third-order valence-electron chi connectivity index (χ3n) is 2.48. The van der Waals surface area contributed by atoms with Crippen molar-refractivity contribution in [1.82, 2.24) is 0 Å². The predicted molar refractivity (Wildman–Crippen MR) is 61.2 cm³/mol. The summed E-state index contributed by atoms with van der Waals surface area (Å²) in [5.74, 6) is 0.687. The Morgan fingerprint density at radius 2 is 2.07 bits per heavy atom. The maximum Gasteiger partial charge on any atom is 0.160 e. The standard InChI is InChI=1S/C12H19NO2/c1-12(2,8-13)7-9-4-5-10(14)11(6-9)15-3/h4-6,14H,7-8,13H2,1-3H3. The lowest BCUT2D eigenvalue weighted by Crippen LogP contribution is -2.25. The molecule has 1 aromatic rings. The van der Waals surface area contributed by atoms with Gasteiger partial charge in [-0.25, -0.2) is 0 Å². The van der Waals surface area contributed by atoms with Gasteiger partial charge in [-0.15, -0.1) is 0 Å². The molecule has 0 aliphatic rings.